The second kappa shape index (κ2) is 5.79. The van der Waals surface area contributed by atoms with Crippen molar-refractivity contribution in [3.05, 3.63) is 51.8 Å². The van der Waals surface area contributed by atoms with E-state index in [0.717, 1.165) is 0 Å². The van der Waals surface area contributed by atoms with E-state index < -0.39 is 17.9 Å². The van der Waals surface area contributed by atoms with E-state index in [1.54, 1.807) is 23.7 Å². The Labute approximate surface area is 140 Å². The van der Waals surface area contributed by atoms with Crippen LogP contribution in [-0.4, -0.2) is 27.1 Å². The Morgan fingerprint density at radius 1 is 1.33 bits per heavy atom. The summed E-state index contributed by atoms with van der Waals surface area (Å²) in [4.78, 5) is 28.4. The number of pyridine rings is 1. The minimum absolute atomic E-state index is 0.0880. The van der Waals surface area contributed by atoms with Crippen LogP contribution >= 0.6 is 11.3 Å². The fraction of sp³-hybridized carbons (Fsp3) is 0.125. The van der Waals surface area contributed by atoms with Gasteiger partial charge < -0.3 is 15.5 Å². The van der Waals surface area contributed by atoms with Crippen LogP contribution in [-0.2, 0) is 9.59 Å². The number of rotatable bonds is 3. The first kappa shape index (κ1) is 15.7. The SMILES string of the molecule is CC1=C(C(=O)O)C(c2csc3ncccc23)C(C(=O)O)=C(C#N)N1. The van der Waals surface area contributed by atoms with Gasteiger partial charge in [0.15, 0.2) is 0 Å². The van der Waals surface area contributed by atoms with Crippen molar-refractivity contribution in [1.82, 2.24) is 10.3 Å². The highest BCUT2D eigenvalue weighted by molar-refractivity contribution is 7.16. The van der Waals surface area contributed by atoms with Crippen LogP contribution in [0.15, 0.2) is 46.2 Å². The number of carboxylic acid groups (broad SMARTS) is 2. The number of hydrogen-bond acceptors (Lipinski definition) is 6. The van der Waals surface area contributed by atoms with Gasteiger partial charge >= 0.3 is 11.9 Å². The number of nitrogens with zero attached hydrogens (tertiary/aromatic N) is 2. The highest BCUT2D eigenvalue weighted by Crippen LogP contribution is 2.42. The number of dihydropyridines is 1. The number of nitrogens with one attached hydrogen (secondary N) is 1. The van der Waals surface area contributed by atoms with Gasteiger partial charge in [0, 0.05) is 17.3 Å². The maximum atomic E-state index is 11.8. The van der Waals surface area contributed by atoms with Gasteiger partial charge in [-0.15, -0.1) is 11.3 Å². The second-order valence-electron chi connectivity index (χ2n) is 5.15. The Morgan fingerprint density at radius 3 is 2.67 bits per heavy atom. The lowest BCUT2D eigenvalue weighted by atomic mass is 9.80. The summed E-state index contributed by atoms with van der Waals surface area (Å²) in [7, 11) is 0. The van der Waals surface area contributed by atoms with Gasteiger partial charge in [-0.3, -0.25) is 0 Å². The first-order valence-corrected chi connectivity index (χ1v) is 7.74. The number of aromatic nitrogens is 1. The normalized spacial score (nSPS) is 17.6. The van der Waals surface area contributed by atoms with E-state index in [1.807, 2.05) is 6.07 Å². The van der Waals surface area contributed by atoms with E-state index in [1.165, 1.54) is 18.3 Å². The minimum atomic E-state index is -1.33. The average Bonchev–Trinajstić information content (AvgIpc) is 2.96. The van der Waals surface area contributed by atoms with Gasteiger partial charge in [-0.05, 0) is 23.9 Å². The van der Waals surface area contributed by atoms with Crippen molar-refractivity contribution >= 4 is 33.5 Å². The Kier molecular flexibility index (Phi) is 3.79. The molecule has 0 bridgehead atoms. The van der Waals surface area contributed by atoms with Crippen LogP contribution in [0, 0.1) is 11.3 Å². The van der Waals surface area contributed by atoms with Gasteiger partial charge in [0.2, 0.25) is 0 Å². The molecule has 3 heterocycles. The van der Waals surface area contributed by atoms with Crippen LogP contribution in [0.4, 0.5) is 0 Å². The van der Waals surface area contributed by atoms with Crippen molar-refractivity contribution in [1.29, 1.82) is 5.26 Å². The lowest BCUT2D eigenvalue weighted by Crippen LogP contribution is -2.31. The third kappa shape index (κ3) is 2.31. The third-order valence-electron chi connectivity index (χ3n) is 3.83. The number of aliphatic carboxylic acids is 2. The standard InChI is InChI=1S/C16H11N3O4S/c1-7-11(15(20)21)12(13(16(22)23)10(5-17)19-7)9-6-24-14-8(9)3-2-4-18-14/h2-4,6,12,19H,1H3,(H,20,21)(H,22,23). The van der Waals surface area contributed by atoms with Crippen molar-refractivity contribution in [2.45, 2.75) is 12.8 Å². The first-order chi connectivity index (χ1) is 11.5. The van der Waals surface area contributed by atoms with Crippen LogP contribution in [0.25, 0.3) is 10.2 Å². The smallest absolute Gasteiger partial charge is 0.335 e. The largest absolute Gasteiger partial charge is 0.478 e. The molecule has 1 aliphatic rings. The van der Waals surface area contributed by atoms with Crippen LogP contribution in [0.1, 0.15) is 18.4 Å². The molecule has 1 unspecified atom stereocenters. The molecule has 0 amide bonds. The highest BCUT2D eigenvalue weighted by Gasteiger charge is 2.38. The van der Waals surface area contributed by atoms with Crippen molar-refractivity contribution in [2.24, 2.45) is 0 Å². The van der Waals surface area contributed by atoms with Crippen molar-refractivity contribution < 1.29 is 19.8 Å². The zero-order valence-electron chi connectivity index (χ0n) is 12.4. The van der Waals surface area contributed by atoms with E-state index in [2.05, 4.69) is 10.3 Å². The maximum absolute atomic E-state index is 11.8. The van der Waals surface area contributed by atoms with E-state index >= 15 is 0 Å². The molecule has 0 spiro atoms. The predicted molar refractivity (Wildman–Crippen MR) is 86.1 cm³/mol. The molecular weight excluding hydrogens is 330 g/mol. The summed E-state index contributed by atoms with van der Waals surface area (Å²) in [6.07, 6.45) is 1.61. The molecule has 0 saturated carbocycles. The molecule has 3 rings (SSSR count). The van der Waals surface area contributed by atoms with Gasteiger partial charge in [-0.25, -0.2) is 14.6 Å². The monoisotopic (exact) mass is 341 g/mol. The van der Waals surface area contributed by atoms with Gasteiger partial charge in [0.05, 0.1) is 17.1 Å². The minimum Gasteiger partial charge on any atom is -0.478 e. The Morgan fingerprint density at radius 2 is 2.04 bits per heavy atom. The van der Waals surface area contributed by atoms with Crippen LogP contribution in [0.2, 0.25) is 0 Å². The zero-order chi connectivity index (χ0) is 17.4. The second-order valence-corrected chi connectivity index (χ2v) is 6.01. The summed E-state index contributed by atoms with van der Waals surface area (Å²) in [5.74, 6) is -3.61. The van der Waals surface area contributed by atoms with Crippen LogP contribution in [0.5, 0.6) is 0 Å². The van der Waals surface area contributed by atoms with Crippen LogP contribution < -0.4 is 5.32 Å². The molecule has 3 N–H and O–H groups in total. The average molecular weight is 341 g/mol. The summed E-state index contributed by atoms with van der Waals surface area (Å²) in [5, 5.41) is 33.4. The number of nitriles is 1. The Bertz CT molecular complexity index is 981. The number of allylic oxidation sites excluding steroid dienone is 2. The zero-order valence-corrected chi connectivity index (χ0v) is 13.2. The molecule has 24 heavy (non-hydrogen) atoms. The summed E-state index contributed by atoms with van der Waals surface area (Å²) in [5.41, 5.74) is 0.251. The van der Waals surface area contributed by atoms with Gasteiger partial charge in [0.25, 0.3) is 0 Å². The van der Waals surface area contributed by atoms with E-state index in [0.29, 0.717) is 15.8 Å². The lowest BCUT2D eigenvalue weighted by Gasteiger charge is -2.27. The molecule has 0 saturated heterocycles. The number of thiophene rings is 1. The quantitative estimate of drug-likeness (QED) is 0.782. The first-order valence-electron chi connectivity index (χ1n) is 6.86. The number of carbonyl (C=O) groups is 2. The maximum Gasteiger partial charge on any atom is 0.335 e. The molecule has 0 radical (unpaired) electrons. The molecule has 0 fully saturated rings. The summed E-state index contributed by atoms with van der Waals surface area (Å²) in [6, 6.07) is 5.27. The van der Waals surface area contributed by atoms with E-state index in [4.69, 9.17) is 0 Å². The predicted octanol–water partition coefficient (Wildman–Crippen LogP) is 2.20. The van der Waals surface area contributed by atoms with Gasteiger partial charge in [0.1, 0.15) is 16.6 Å². The molecule has 8 heteroatoms. The lowest BCUT2D eigenvalue weighted by molar-refractivity contribution is -0.133. The molecule has 2 aromatic rings. The molecule has 2 aromatic heterocycles. The molecular formula is C16H11N3O4S. The van der Waals surface area contributed by atoms with Crippen molar-refractivity contribution in [3.63, 3.8) is 0 Å². The number of carboxylic acids is 2. The van der Waals surface area contributed by atoms with Crippen molar-refractivity contribution in [2.75, 3.05) is 0 Å². The van der Waals surface area contributed by atoms with E-state index in [9.17, 15) is 25.1 Å². The van der Waals surface area contributed by atoms with Crippen LogP contribution in [0.3, 0.4) is 0 Å². The fourth-order valence-corrected chi connectivity index (χ4v) is 3.79. The van der Waals surface area contributed by atoms with Gasteiger partial charge in [-0.1, -0.05) is 6.07 Å². The molecule has 1 atom stereocenters. The molecule has 0 aliphatic carbocycles. The van der Waals surface area contributed by atoms with Crippen molar-refractivity contribution in [3.8, 4) is 6.07 Å². The molecule has 7 nitrogen and oxygen atoms in total. The highest BCUT2D eigenvalue weighted by atomic mass is 32.1. The summed E-state index contributed by atoms with van der Waals surface area (Å²) >= 11 is 1.30. The van der Waals surface area contributed by atoms with Gasteiger partial charge in [-0.2, -0.15) is 5.26 Å². The topological polar surface area (TPSA) is 123 Å². The summed E-state index contributed by atoms with van der Waals surface area (Å²) < 4.78 is 0. The molecule has 0 aromatic carbocycles. The fourth-order valence-electron chi connectivity index (χ4n) is 2.85. The number of hydrogen-bond donors (Lipinski definition) is 3. The summed E-state index contributed by atoms with van der Waals surface area (Å²) in [6.45, 7) is 1.51. The Balaban J connectivity index is 2.35. The van der Waals surface area contributed by atoms with E-state index in [-0.39, 0.29) is 22.5 Å². The number of fused-ring (bicyclic) bond motifs is 1. The Hall–Kier alpha value is -3.18. The molecule has 120 valence electrons. The third-order valence-corrected chi connectivity index (χ3v) is 4.75. The molecule has 1 aliphatic heterocycles.